The Morgan fingerprint density at radius 3 is 2.27 bits per heavy atom. The fraction of sp³-hybridized carbons (Fsp3) is 0.160. The Morgan fingerprint density at radius 2 is 1.70 bits per heavy atom. The molecule has 0 aliphatic rings. The first-order valence-corrected chi connectivity index (χ1v) is 11.9. The Kier molecular flexibility index (Phi) is 7.46. The van der Waals surface area contributed by atoms with Crippen molar-refractivity contribution in [3.63, 3.8) is 0 Å². The van der Waals surface area contributed by atoms with Crippen molar-refractivity contribution in [1.82, 2.24) is 0 Å². The van der Waals surface area contributed by atoms with Crippen LogP contribution >= 0.6 is 11.6 Å². The lowest BCUT2D eigenvalue weighted by Gasteiger charge is -2.23. The average Bonchev–Trinajstić information content (AvgIpc) is 2.80. The van der Waals surface area contributed by atoms with Crippen LogP contribution in [0.3, 0.4) is 0 Å². The zero-order chi connectivity index (χ0) is 24.2. The number of carbonyl (C=O) groups excluding carboxylic acids is 1. The number of hydrogen-bond donors (Lipinski definition) is 0. The minimum Gasteiger partial charge on any atom is -0.497 e. The van der Waals surface area contributed by atoms with Gasteiger partial charge in [-0.05, 0) is 67.4 Å². The quantitative estimate of drug-likeness (QED) is 0.237. The van der Waals surface area contributed by atoms with Crippen molar-refractivity contribution in [3.05, 3.63) is 95.0 Å². The first-order valence-electron chi connectivity index (χ1n) is 10.0. The van der Waals surface area contributed by atoms with E-state index in [2.05, 4.69) is 6.58 Å². The molecule has 0 saturated heterocycles. The molecule has 0 fully saturated rings. The highest BCUT2D eigenvalue weighted by Crippen LogP contribution is 2.30. The summed E-state index contributed by atoms with van der Waals surface area (Å²) >= 11 is 6.24. The van der Waals surface area contributed by atoms with E-state index in [1.54, 1.807) is 24.3 Å². The van der Waals surface area contributed by atoms with Crippen LogP contribution in [0.5, 0.6) is 11.5 Å². The third kappa shape index (κ3) is 5.21. The highest BCUT2D eigenvalue weighted by molar-refractivity contribution is 7.92. The molecule has 33 heavy (non-hydrogen) atoms. The van der Waals surface area contributed by atoms with Gasteiger partial charge in [-0.2, -0.15) is 0 Å². The number of sulfonamides is 1. The van der Waals surface area contributed by atoms with Crippen molar-refractivity contribution in [3.8, 4) is 11.5 Å². The molecule has 0 aliphatic heterocycles. The smallest absolute Gasteiger partial charge is 0.345 e. The minimum atomic E-state index is -4.04. The van der Waals surface area contributed by atoms with Gasteiger partial charge in [0, 0.05) is 0 Å². The van der Waals surface area contributed by atoms with Gasteiger partial charge in [-0.1, -0.05) is 35.9 Å². The average molecular weight is 486 g/mol. The Balaban J connectivity index is 2.00. The Hall–Kier alpha value is -3.29. The van der Waals surface area contributed by atoms with E-state index in [4.69, 9.17) is 21.1 Å². The van der Waals surface area contributed by atoms with Gasteiger partial charge in [0.25, 0.3) is 10.0 Å². The number of para-hydroxylation sites is 1. The summed E-state index contributed by atoms with van der Waals surface area (Å²) < 4.78 is 38.9. The summed E-state index contributed by atoms with van der Waals surface area (Å²) in [4.78, 5) is 12.8. The topological polar surface area (TPSA) is 72.9 Å². The summed E-state index contributed by atoms with van der Waals surface area (Å²) in [7, 11) is -2.52. The third-order valence-electron chi connectivity index (χ3n) is 5.00. The van der Waals surface area contributed by atoms with E-state index in [9.17, 15) is 13.2 Å². The van der Waals surface area contributed by atoms with Crippen molar-refractivity contribution < 1.29 is 22.7 Å². The highest BCUT2D eigenvalue weighted by atomic mass is 35.5. The Morgan fingerprint density at radius 1 is 1.06 bits per heavy atom. The van der Waals surface area contributed by atoms with Gasteiger partial charge in [-0.25, -0.2) is 13.2 Å². The van der Waals surface area contributed by atoms with Crippen LogP contribution in [0.2, 0.25) is 5.02 Å². The number of halogens is 1. The molecule has 6 nitrogen and oxygen atoms in total. The van der Waals surface area contributed by atoms with Gasteiger partial charge in [-0.3, -0.25) is 4.31 Å². The number of aryl methyl sites for hydroxylation is 2. The van der Waals surface area contributed by atoms with Gasteiger partial charge in [0.05, 0.1) is 34.8 Å². The van der Waals surface area contributed by atoms with E-state index < -0.39 is 16.0 Å². The van der Waals surface area contributed by atoms with Gasteiger partial charge in [0.1, 0.15) is 11.5 Å². The van der Waals surface area contributed by atoms with Crippen LogP contribution in [0.25, 0.3) is 0 Å². The monoisotopic (exact) mass is 485 g/mol. The Bertz CT molecular complexity index is 1270. The van der Waals surface area contributed by atoms with Gasteiger partial charge in [0.2, 0.25) is 0 Å². The van der Waals surface area contributed by atoms with E-state index >= 15 is 0 Å². The van der Waals surface area contributed by atoms with Crippen molar-refractivity contribution in [2.45, 2.75) is 18.7 Å². The number of benzene rings is 3. The maximum atomic E-state index is 13.5. The van der Waals surface area contributed by atoms with Gasteiger partial charge >= 0.3 is 5.97 Å². The predicted molar refractivity (Wildman–Crippen MR) is 130 cm³/mol. The molecule has 0 saturated carbocycles. The molecule has 3 rings (SSSR count). The van der Waals surface area contributed by atoms with Gasteiger partial charge in [-0.15, -0.1) is 6.58 Å². The predicted octanol–water partition coefficient (Wildman–Crippen LogP) is 5.57. The maximum absolute atomic E-state index is 13.5. The molecular formula is C25H24ClNO5S. The number of rotatable bonds is 8. The standard InChI is InChI=1S/C25H24ClNO5S/c1-5-15-27(19-9-11-20(31-4)12-10-19)33(29,30)21-13-14-23(26)22(16-21)25(28)32-24-17(2)7-6-8-18(24)3/h5-14,16H,1,15H2,2-4H3. The molecule has 8 heteroatoms. The molecule has 172 valence electrons. The number of hydrogen-bond acceptors (Lipinski definition) is 5. The number of esters is 1. The number of carbonyl (C=O) groups is 1. The lowest BCUT2D eigenvalue weighted by Crippen LogP contribution is -2.31. The van der Waals surface area contributed by atoms with E-state index in [1.807, 2.05) is 32.0 Å². The van der Waals surface area contributed by atoms with Crippen molar-refractivity contribution in [2.75, 3.05) is 18.0 Å². The van der Waals surface area contributed by atoms with Gasteiger partial charge < -0.3 is 9.47 Å². The second kappa shape index (κ2) is 10.1. The summed E-state index contributed by atoms with van der Waals surface area (Å²) in [6, 6.07) is 16.0. The summed E-state index contributed by atoms with van der Waals surface area (Å²) in [5, 5.41) is 0.0879. The van der Waals surface area contributed by atoms with Crippen molar-refractivity contribution in [2.24, 2.45) is 0 Å². The van der Waals surface area contributed by atoms with Crippen molar-refractivity contribution in [1.29, 1.82) is 0 Å². The number of methoxy groups -OCH3 is 1. The lowest BCUT2D eigenvalue weighted by atomic mass is 10.1. The van der Waals surface area contributed by atoms with Gasteiger partial charge in [0.15, 0.2) is 0 Å². The van der Waals surface area contributed by atoms with E-state index in [1.165, 1.54) is 35.7 Å². The summed E-state index contributed by atoms with van der Waals surface area (Å²) in [6.45, 7) is 7.33. The van der Waals surface area contributed by atoms with Crippen LogP contribution in [-0.2, 0) is 10.0 Å². The molecule has 3 aromatic rings. The number of anilines is 1. The molecular weight excluding hydrogens is 462 g/mol. The van der Waals surface area contributed by atoms with Crippen LogP contribution in [0.4, 0.5) is 5.69 Å². The highest BCUT2D eigenvalue weighted by Gasteiger charge is 2.27. The molecule has 0 heterocycles. The maximum Gasteiger partial charge on any atom is 0.345 e. The molecule has 0 aliphatic carbocycles. The first kappa shape index (κ1) is 24.4. The van der Waals surface area contributed by atoms with Crippen LogP contribution in [0, 0.1) is 13.8 Å². The summed E-state index contributed by atoms with van der Waals surface area (Å²) in [6.07, 6.45) is 1.48. The fourth-order valence-electron chi connectivity index (χ4n) is 3.26. The normalized spacial score (nSPS) is 11.0. The van der Waals surface area contributed by atoms with E-state index in [0.29, 0.717) is 17.2 Å². The van der Waals surface area contributed by atoms with Crippen molar-refractivity contribution >= 4 is 33.3 Å². The molecule has 0 N–H and O–H groups in total. The molecule has 0 bridgehead atoms. The molecule has 0 spiro atoms. The van der Waals surface area contributed by atoms with Crippen LogP contribution in [0.15, 0.2) is 78.2 Å². The second-order valence-electron chi connectivity index (χ2n) is 7.27. The molecule has 0 amide bonds. The second-order valence-corrected chi connectivity index (χ2v) is 9.54. The zero-order valence-corrected chi connectivity index (χ0v) is 20.1. The molecule has 0 unspecified atom stereocenters. The molecule has 0 atom stereocenters. The van der Waals surface area contributed by atoms with Crippen LogP contribution in [0.1, 0.15) is 21.5 Å². The number of nitrogens with zero attached hydrogens (tertiary/aromatic N) is 1. The number of ether oxygens (including phenoxy) is 2. The fourth-order valence-corrected chi connectivity index (χ4v) is 4.92. The first-order chi connectivity index (χ1) is 15.7. The largest absolute Gasteiger partial charge is 0.497 e. The molecule has 0 radical (unpaired) electrons. The van der Waals surface area contributed by atoms with Crippen LogP contribution in [-0.4, -0.2) is 28.0 Å². The van der Waals surface area contributed by atoms with E-state index in [0.717, 1.165) is 11.1 Å². The third-order valence-corrected chi connectivity index (χ3v) is 7.12. The Labute approximate surface area is 199 Å². The van der Waals surface area contributed by atoms with E-state index in [-0.39, 0.29) is 22.0 Å². The SMILES string of the molecule is C=CCN(c1ccc(OC)cc1)S(=O)(=O)c1ccc(Cl)c(C(=O)Oc2c(C)cccc2C)c1. The minimum absolute atomic E-state index is 0.0273. The summed E-state index contributed by atoms with van der Waals surface area (Å²) in [5.74, 6) is 0.269. The lowest BCUT2D eigenvalue weighted by molar-refractivity contribution is 0.0732. The molecule has 0 aromatic heterocycles. The van der Waals surface area contributed by atoms with Crippen LogP contribution < -0.4 is 13.8 Å². The molecule has 3 aromatic carbocycles. The zero-order valence-electron chi connectivity index (χ0n) is 18.5. The summed E-state index contributed by atoms with van der Waals surface area (Å²) in [5.41, 5.74) is 1.93.